The van der Waals surface area contributed by atoms with Crippen LogP contribution in [0.5, 0.6) is 0 Å². The van der Waals surface area contributed by atoms with Crippen molar-refractivity contribution in [3.8, 4) is 0 Å². The standard InChI is InChI=1S/C19H23N7O3/c20-17(27)16(13-4-2-1-3-5-13)24-8-10-25(11-9-24)19-21-12-15(26(28)29)18(23-19)22-14-6-7-14/h1-5,12,14,16H,6-11H2,(H2,20,27)(H,21,22,23). The van der Waals surface area contributed by atoms with Crippen molar-refractivity contribution in [2.24, 2.45) is 5.73 Å². The summed E-state index contributed by atoms with van der Waals surface area (Å²) < 4.78 is 0. The van der Waals surface area contributed by atoms with E-state index < -0.39 is 11.0 Å². The van der Waals surface area contributed by atoms with Crippen LogP contribution in [0.4, 0.5) is 17.5 Å². The van der Waals surface area contributed by atoms with Crippen LogP contribution in [-0.4, -0.2) is 57.9 Å². The summed E-state index contributed by atoms with van der Waals surface area (Å²) in [4.78, 5) is 35.5. The van der Waals surface area contributed by atoms with E-state index in [2.05, 4.69) is 15.3 Å². The van der Waals surface area contributed by atoms with Crippen molar-refractivity contribution in [2.75, 3.05) is 36.4 Å². The third-order valence-electron chi connectivity index (χ3n) is 5.22. The molecule has 1 aromatic carbocycles. The second kappa shape index (κ2) is 8.00. The summed E-state index contributed by atoms with van der Waals surface area (Å²) in [6.45, 7) is 2.40. The Balaban J connectivity index is 1.47. The molecule has 1 saturated carbocycles. The van der Waals surface area contributed by atoms with Gasteiger partial charge in [-0.1, -0.05) is 30.3 Å². The zero-order valence-electron chi connectivity index (χ0n) is 15.9. The van der Waals surface area contributed by atoms with Gasteiger partial charge in [0.05, 0.1) is 4.92 Å². The number of carbonyl (C=O) groups excluding carboxylic acids is 1. The molecule has 0 bridgehead atoms. The summed E-state index contributed by atoms with van der Waals surface area (Å²) in [5.41, 5.74) is 6.43. The van der Waals surface area contributed by atoms with E-state index in [9.17, 15) is 14.9 Å². The Morgan fingerprint density at radius 1 is 1.21 bits per heavy atom. The monoisotopic (exact) mass is 397 g/mol. The highest BCUT2D eigenvalue weighted by Crippen LogP contribution is 2.30. The number of nitrogens with zero attached hydrogens (tertiary/aromatic N) is 5. The van der Waals surface area contributed by atoms with E-state index in [0.717, 1.165) is 18.4 Å². The molecule has 2 aliphatic rings. The number of primary amides is 1. The minimum absolute atomic E-state index is 0.114. The molecular weight excluding hydrogens is 374 g/mol. The molecule has 1 unspecified atom stereocenters. The molecule has 1 saturated heterocycles. The first-order chi connectivity index (χ1) is 14.0. The molecule has 2 fully saturated rings. The van der Waals surface area contributed by atoms with Gasteiger partial charge in [0.1, 0.15) is 12.2 Å². The number of hydrogen-bond acceptors (Lipinski definition) is 8. The molecule has 1 atom stereocenters. The lowest BCUT2D eigenvalue weighted by molar-refractivity contribution is -0.384. The molecule has 152 valence electrons. The first kappa shape index (κ1) is 19.1. The molecule has 1 aliphatic carbocycles. The van der Waals surface area contributed by atoms with Gasteiger partial charge in [0.15, 0.2) is 0 Å². The third kappa shape index (κ3) is 4.27. The van der Waals surface area contributed by atoms with E-state index in [0.29, 0.717) is 32.1 Å². The Morgan fingerprint density at radius 3 is 2.48 bits per heavy atom. The van der Waals surface area contributed by atoms with Gasteiger partial charge in [-0.05, 0) is 18.4 Å². The fraction of sp³-hybridized carbons (Fsp3) is 0.421. The molecule has 10 nitrogen and oxygen atoms in total. The van der Waals surface area contributed by atoms with Crippen molar-refractivity contribution in [3.05, 3.63) is 52.2 Å². The number of nitrogens with two attached hydrogens (primary N) is 1. The number of rotatable bonds is 7. The Kier molecular flexibility index (Phi) is 5.26. The summed E-state index contributed by atoms with van der Waals surface area (Å²) in [6, 6.07) is 9.24. The maximum absolute atomic E-state index is 12.1. The van der Waals surface area contributed by atoms with Gasteiger partial charge in [0, 0.05) is 32.2 Å². The lowest BCUT2D eigenvalue weighted by Crippen LogP contribution is -2.50. The largest absolute Gasteiger partial charge is 0.368 e. The summed E-state index contributed by atoms with van der Waals surface area (Å²) in [5.74, 6) is 0.338. The van der Waals surface area contributed by atoms with Crippen LogP contribution in [-0.2, 0) is 4.79 Å². The molecule has 2 heterocycles. The van der Waals surface area contributed by atoms with Crippen molar-refractivity contribution in [1.29, 1.82) is 0 Å². The summed E-state index contributed by atoms with van der Waals surface area (Å²) >= 11 is 0. The van der Waals surface area contributed by atoms with Crippen LogP contribution >= 0.6 is 0 Å². The van der Waals surface area contributed by atoms with Crippen LogP contribution in [0.15, 0.2) is 36.5 Å². The van der Waals surface area contributed by atoms with Crippen LogP contribution in [0.1, 0.15) is 24.4 Å². The van der Waals surface area contributed by atoms with E-state index in [1.165, 1.54) is 6.20 Å². The summed E-state index contributed by atoms with van der Waals surface area (Å²) in [5, 5.41) is 14.4. The van der Waals surface area contributed by atoms with E-state index in [4.69, 9.17) is 5.73 Å². The van der Waals surface area contributed by atoms with E-state index >= 15 is 0 Å². The lowest BCUT2D eigenvalue weighted by atomic mass is 10.0. The second-order valence-corrected chi connectivity index (χ2v) is 7.32. The van der Waals surface area contributed by atoms with Crippen LogP contribution < -0.4 is 16.0 Å². The highest BCUT2D eigenvalue weighted by atomic mass is 16.6. The van der Waals surface area contributed by atoms with Crippen molar-refractivity contribution in [1.82, 2.24) is 14.9 Å². The number of carbonyl (C=O) groups is 1. The molecule has 1 aromatic heterocycles. The molecule has 2 aromatic rings. The van der Waals surface area contributed by atoms with Gasteiger partial charge in [0.2, 0.25) is 17.7 Å². The van der Waals surface area contributed by atoms with Crippen LogP contribution in [0, 0.1) is 10.1 Å². The molecule has 0 spiro atoms. The molecule has 29 heavy (non-hydrogen) atoms. The molecule has 3 N–H and O–H groups in total. The lowest BCUT2D eigenvalue weighted by Gasteiger charge is -2.38. The number of nitrogens with one attached hydrogen (secondary N) is 1. The quantitative estimate of drug-likeness (QED) is 0.528. The summed E-state index contributed by atoms with van der Waals surface area (Å²) in [6.07, 6.45) is 3.24. The number of benzene rings is 1. The fourth-order valence-electron chi connectivity index (χ4n) is 3.55. The number of piperazine rings is 1. The Hall–Kier alpha value is -3.27. The molecule has 1 aliphatic heterocycles. The normalized spacial score (nSPS) is 18.3. The average molecular weight is 397 g/mol. The first-order valence-electron chi connectivity index (χ1n) is 9.64. The third-order valence-corrected chi connectivity index (χ3v) is 5.22. The average Bonchev–Trinajstić information content (AvgIpc) is 3.53. The Labute approximate surface area is 167 Å². The smallest absolute Gasteiger partial charge is 0.329 e. The Bertz CT molecular complexity index is 896. The highest BCUT2D eigenvalue weighted by Gasteiger charge is 2.31. The SMILES string of the molecule is NC(=O)C(c1ccccc1)N1CCN(c2ncc([N+](=O)[O-])c(NC3CC3)n2)CC1. The van der Waals surface area contributed by atoms with Gasteiger partial charge < -0.3 is 16.0 Å². The van der Waals surface area contributed by atoms with Crippen LogP contribution in [0.3, 0.4) is 0 Å². The van der Waals surface area contributed by atoms with Crippen LogP contribution in [0.2, 0.25) is 0 Å². The number of nitro groups is 1. The first-order valence-corrected chi connectivity index (χ1v) is 9.64. The predicted octanol–water partition coefficient (Wildman–Crippen LogP) is 1.31. The zero-order valence-corrected chi connectivity index (χ0v) is 15.9. The van der Waals surface area contributed by atoms with Gasteiger partial charge in [-0.25, -0.2) is 4.98 Å². The molecule has 0 radical (unpaired) electrons. The molecule has 1 amide bonds. The molecular formula is C19H23N7O3. The van der Waals surface area contributed by atoms with Crippen molar-refractivity contribution >= 4 is 23.4 Å². The van der Waals surface area contributed by atoms with Gasteiger partial charge >= 0.3 is 5.69 Å². The minimum atomic E-state index is -0.483. The van der Waals surface area contributed by atoms with Gasteiger partial charge in [0.25, 0.3) is 0 Å². The van der Waals surface area contributed by atoms with Gasteiger partial charge in [-0.2, -0.15) is 4.98 Å². The zero-order chi connectivity index (χ0) is 20.4. The molecule has 4 rings (SSSR count). The van der Waals surface area contributed by atoms with Gasteiger partial charge in [-0.3, -0.25) is 19.8 Å². The van der Waals surface area contributed by atoms with Gasteiger partial charge in [-0.15, -0.1) is 0 Å². The minimum Gasteiger partial charge on any atom is -0.368 e. The second-order valence-electron chi connectivity index (χ2n) is 7.32. The van der Waals surface area contributed by atoms with Crippen LogP contribution in [0.25, 0.3) is 0 Å². The number of hydrogen-bond donors (Lipinski definition) is 2. The number of amides is 1. The topological polar surface area (TPSA) is 131 Å². The van der Waals surface area contributed by atoms with Crippen molar-refractivity contribution in [3.63, 3.8) is 0 Å². The summed E-state index contributed by atoms with van der Waals surface area (Å²) in [7, 11) is 0. The van der Waals surface area contributed by atoms with Crippen molar-refractivity contribution in [2.45, 2.75) is 24.9 Å². The van der Waals surface area contributed by atoms with E-state index in [1.807, 2.05) is 40.1 Å². The maximum atomic E-state index is 12.1. The highest BCUT2D eigenvalue weighted by molar-refractivity contribution is 5.81. The van der Waals surface area contributed by atoms with E-state index in [-0.39, 0.29) is 23.5 Å². The fourth-order valence-corrected chi connectivity index (χ4v) is 3.55. The number of anilines is 2. The van der Waals surface area contributed by atoms with Crippen molar-refractivity contribution < 1.29 is 9.72 Å². The molecule has 10 heteroatoms. The predicted molar refractivity (Wildman–Crippen MR) is 107 cm³/mol. The number of aromatic nitrogens is 2. The maximum Gasteiger partial charge on any atom is 0.329 e. The van der Waals surface area contributed by atoms with E-state index in [1.54, 1.807) is 0 Å². The Morgan fingerprint density at radius 2 is 1.90 bits per heavy atom.